The topological polar surface area (TPSA) is 98.0 Å². The highest BCUT2D eigenvalue weighted by Gasteiger charge is 2.35. The molecule has 0 aromatic carbocycles. The lowest BCUT2D eigenvalue weighted by molar-refractivity contribution is -0.138. The molecule has 4 N–H and O–H groups in total. The maximum absolute atomic E-state index is 11.1. The zero-order chi connectivity index (χ0) is 9.61. The summed E-state index contributed by atoms with van der Waals surface area (Å²) >= 11 is 0. The predicted octanol–water partition coefficient (Wildman–Crippen LogP) is -2.10. The lowest BCUT2D eigenvalue weighted by atomic mass is 9.84. The van der Waals surface area contributed by atoms with Gasteiger partial charge in [-0.05, 0) is 0 Å². The first-order chi connectivity index (χ1) is 5.66. The fourth-order valence-electron chi connectivity index (χ4n) is 0.781. The zero-order valence-corrected chi connectivity index (χ0v) is 6.73. The summed E-state index contributed by atoms with van der Waals surface area (Å²) in [6, 6.07) is 0. The highest BCUT2D eigenvalue weighted by molar-refractivity contribution is 5.85. The molecule has 5 nitrogen and oxygen atoms in total. The van der Waals surface area contributed by atoms with Crippen LogP contribution in [0.5, 0.6) is 0 Å². The van der Waals surface area contributed by atoms with Crippen molar-refractivity contribution in [3.63, 3.8) is 0 Å². The third kappa shape index (κ3) is 2.25. The first-order valence-electron chi connectivity index (χ1n) is 3.63. The molecule has 0 rings (SSSR count). The fraction of sp³-hybridized carbons (Fsp3) is 0.857. The van der Waals surface area contributed by atoms with Crippen LogP contribution in [-0.2, 0) is 4.79 Å². The van der Waals surface area contributed by atoms with Gasteiger partial charge >= 0.3 is 0 Å². The molecular formula is C7H14O5. The van der Waals surface area contributed by atoms with Crippen molar-refractivity contribution < 1.29 is 25.2 Å². The number of carbonyl (C=O) groups excluding carboxylic acids is 1. The van der Waals surface area contributed by atoms with E-state index in [1.54, 1.807) is 0 Å². The van der Waals surface area contributed by atoms with Gasteiger partial charge in [-0.2, -0.15) is 0 Å². The average Bonchev–Trinajstić information content (AvgIpc) is 2.09. The highest BCUT2D eigenvalue weighted by Crippen LogP contribution is 2.17. The van der Waals surface area contributed by atoms with E-state index in [1.165, 1.54) is 0 Å². The minimum absolute atomic E-state index is 0.165. The Balaban J connectivity index is 4.36. The van der Waals surface area contributed by atoms with Crippen LogP contribution in [0, 0.1) is 5.41 Å². The summed E-state index contributed by atoms with van der Waals surface area (Å²) in [6.45, 7) is -2.18. The predicted molar refractivity (Wildman–Crippen MR) is 40.4 cm³/mol. The normalized spacial score (nSPS) is 11.7. The van der Waals surface area contributed by atoms with E-state index in [0.29, 0.717) is 0 Å². The maximum atomic E-state index is 11.1. The molecule has 0 amide bonds. The van der Waals surface area contributed by atoms with E-state index in [1.807, 2.05) is 0 Å². The molecule has 0 bridgehead atoms. The van der Waals surface area contributed by atoms with E-state index >= 15 is 0 Å². The van der Waals surface area contributed by atoms with Crippen LogP contribution >= 0.6 is 0 Å². The molecule has 12 heavy (non-hydrogen) atoms. The molecule has 0 aliphatic carbocycles. The van der Waals surface area contributed by atoms with Crippen molar-refractivity contribution in [3.8, 4) is 0 Å². The van der Waals surface area contributed by atoms with Crippen LogP contribution in [-0.4, -0.2) is 52.6 Å². The minimum Gasteiger partial charge on any atom is -0.396 e. The summed E-state index contributed by atoms with van der Waals surface area (Å²) in [7, 11) is 0. The lowest BCUT2D eigenvalue weighted by Crippen LogP contribution is -2.42. The van der Waals surface area contributed by atoms with Crippen molar-refractivity contribution in [1.29, 1.82) is 0 Å². The molecule has 0 heterocycles. The Morgan fingerprint density at radius 3 is 1.67 bits per heavy atom. The maximum Gasteiger partial charge on any atom is 0.148 e. The summed E-state index contributed by atoms with van der Waals surface area (Å²) in [5.41, 5.74) is -1.50. The molecule has 0 saturated carbocycles. The molecule has 5 heteroatoms. The summed E-state index contributed by atoms with van der Waals surface area (Å²) in [5.74, 6) is -0.530. The number of rotatable bonds is 6. The van der Waals surface area contributed by atoms with Crippen LogP contribution in [0.3, 0.4) is 0 Å². The molecule has 0 spiro atoms. The average molecular weight is 178 g/mol. The number of carbonyl (C=O) groups is 1. The molecule has 0 aromatic rings. The Kier molecular flexibility index (Phi) is 5.00. The highest BCUT2D eigenvalue weighted by atomic mass is 16.3. The lowest BCUT2D eigenvalue weighted by Gasteiger charge is -2.24. The minimum atomic E-state index is -1.50. The van der Waals surface area contributed by atoms with Gasteiger partial charge in [0.25, 0.3) is 0 Å². The molecule has 0 atom stereocenters. The zero-order valence-electron chi connectivity index (χ0n) is 6.73. The van der Waals surface area contributed by atoms with E-state index in [9.17, 15) is 4.79 Å². The number of ketones is 1. The van der Waals surface area contributed by atoms with Gasteiger partial charge in [0, 0.05) is 13.0 Å². The molecule has 0 unspecified atom stereocenters. The molecule has 0 aromatic heterocycles. The van der Waals surface area contributed by atoms with Gasteiger partial charge in [-0.15, -0.1) is 0 Å². The number of hydrogen-bond acceptors (Lipinski definition) is 5. The summed E-state index contributed by atoms with van der Waals surface area (Å²) in [6.07, 6.45) is -0.165. The van der Waals surface area contributed by atoms with E-state index in [4.69, 9.17) is 20.4 Å². The van der Waals surface area contributed by atoms with E-state index < -0.39 is 31.0 Å². The Morgan fingerprint density at radius 2 is 1.42 bits per heavy atom. The third-order valence-corrected chi connectivity index (χ3v) is 1.84. The van der Waals surface area contributed by atoms with E-state index in [-0.39, 0.29) is 13.0 Å². The summed E-state index contributed by atoms with van der Waals surface area (Å²) in [4.78, 5) is 11.1. The van der Waals surface area contributed by atoms with Crippen LogP contribution < -0.4 is 0 Å². The van der Waals surface area contributed by atoms with Gasteiger partial charge < -0.3 is 20.4 Å². The van der Waals surface area contributed by atoms with Crippen molar-refractivity contribution in [2.24, 2.45) is 5.41 Å². The van der Waals surface area contributed by atoms with Gasteiger partial charge in [-0.3, -0.25) is 4.79 Å². The van der Waals surface area contributed by atoms with Crippen LogP contribution in [0.1, 0.15) is 6.42 Å². The van der Waals surface area contributed by atoms with Gasteiger partial charge in [0.1, 0.15) is 5.78 Å². The second-order valence-electron chi connectivity index (χ2n) is 2.65. The van der Waals surface area contributed by atoms with Crippen LogP contribution in [0.25, 0.3) is 0 Å². The molecule has 0 radical (unpaired) electrons. The molecule has 72 valence electrons. The third-order valence-electron chi connectivity index (χ3n) is 1.84. The number of hydrogen-bond donors (Lipinski definition) is 4. The Hall–Kier alpha value is -0.490. The molecule has 0 aliphatic rings. The van der Waals surface area contributed by atoms with Crippen LogP contribution in [0.4, 0.5) is 0 Å². The second-order valence-corrected chi connectivity index (χ2v) is 2.65. The van der Waals surface area contributed by atoms with Gasteiger partial charge in [-0.25, -0.2) is 0 Å². The SMILES string of the molecule is O=C(CCO)C(CO)(CO)CO. The van der Waals surface area contributed by atoms with Gasteiger partial charge in [0.05, 0.1) is 25.2 Å². The van der Waals surface area contributed by atoms with Gasteiger partial charge in [0.2, 0.25) is 0 Å². The number of aliphatic hydroxyl groups excluding tert-OH is 4. The largest absolute Gasteiger partial charge is 0.396 e. The number of Topliss-reactive ketones (excluding diaryl/α,β-unsaturated/α-hetero) is 1. The van der Waals surface area contributed by atoms with E-state index in [0.717, 1.165) is 0 Å². The standard InChI is InChI=1S/C7H14O5/c8-2-1-6(12)7(3-9,4-10)5-11/h8-11H,1-5H2. The fourth-order valence-corrected chi connectivity index (χ4v) is 0.781. The Labute approximate surface area is 70.3 Å². The van der Waals surface area contributed by atoms with Crippen molar-refractivity contribution in [1.82, 2.24) is 0 Å². The smallest absolute Gasteiger partial charge is 0.148 e. The van der Waals surface area contributed by atoms with Crippen LogP contribution in [0.15, 0.2) is 0 Å². The van der Waals surface area contributed by atoms with Crippen molar-refractivity contribution in [2.75, 3.05) is 26.4 Å². The summed E-state index contributed by atoms with van der Waals surface area (Å²) in [5, 5.41) is 34.7. The van der Waals surface area contributed by atoms with Gasteiger partial charge in [-0.1, -0.05) is 0 Å². The van der Waals surface area contributed by atoms with Crippen LogP contribution in [0.2, 0.25) is 0 Å². The van der Waals surface area contributed by atoms with Crippen molar-refractivity contribution in [2.45, 2.75) is 6.42 Å². The first-order valence-corrected chi connectivity index (χ1v) is 3.63. The monoisotopic (exact) mass is 178 g/mol. The molecule has 0 aliphatic heterocycles. The van der Waals surface area contributed by atoms with Crippen molar-refractivity contribution >= 4 is 5.78 Å². The summed E-state index contributed by atoms with van der Waals surface area (Å²) < 4.78 is 0. The number of aliphatic hydroxyl groups is 4. The first kappa shape index (κ1) is 11.5. The van der Waals surface area contributed by atoms with E-state index in [2.05, 4.69) is 0 Å². The molecule has 0 saturated heterocycles. The molecular weight excluding hydrogens is 164 g/mol. The Morgan fingerprint density at radius 1 is 1.00 bits per heavy atom. The molecule has 0 fully saturated rings. The Bertz CT molecular complexity index is 132. The quantitative estimate of drug-likeness (QED) is 0.373. The van der Waals surface area contributed by atoms with Crippen molar-refractivity contribution in [3.05, 3.63) is 0 Å². The van der Waals surface area contributed by atoms with Gasteiger partial charge in [0.15, 0.2) is 0 Å². The second kappa shape index (κ2) is 5.21.